The summed E-state index contributed by atoms with van der Waals surface area (Å²) in [7, 11) is 1.53. The Hall–Kier alpha value is -2.68. The molecule has 0 fully saturated rings. The summed E-state index contributed by atoms with van der Waals surface area (Å²) in [5.74, 6) is -0.900. The number of carbonyl (C=O) groups excluding carboxylic acids is 3. The van der Waals surface area contributed by atoms with Crippen LogP contribution in [0.15, 0.2) is 24.3 Å². The van der Waals surface area contributed by atoms with Gasteiger partial charge in [0.05, 0.1) is 10.9 Å². The maximum absolute atomic E-state index is 12.1. The van der Waals surface area contributed by atoms with Gasteiger partial charge >= 0.3 is 11.9 Å². The molecule has 0 saturated carbocycles. The molecule has 0 saturated heterocycles. The van der Waals surface area contributed by atoms with Gasteiger partial charge in [0.1, 0.15) is 28.1 Å². The van der Waals surface area contributed by atoms with Crippen LogP contribution < -0.4 is 15.8 Å². The van der Waals surface area contributed by atoms with Crippen molar-refractivity contribution in [1.82, 2.24) is 5.32 Å². The van der Waals surface area contributed by atoms with Gasteiger partial charge in [-0.25, -0.2) is 4.79 Å². The Morgan fingerprint density at radius 1 is 0.917 bits per heavy atom. The fourth-order valence-corrected chi connectivity index (χ4v) is 2.84. The van der Waals surface area contributed by atoms with Crippen molar-refractivity contribution < 1.29 is 28.6 Å². The molecule has 36 heavy (non-hydrogen) atoms. The fourth-order valence-electron chi connectivity index (χ4n) is 2.72. The molecule has 0 spiro atoms. The lowest BCUT2D eigenvalue weighted by atomic mass is 9.98. The predicted molar refractivity (Wildman–Crippen MR) is 146 cm³/mol. The Bertz CT molecular complexity index is 895. The third-order valence-electron chi connectivity index (χ3n) is 4.11. The molecule has 0 heterocycles. The van der Waals surface area contributed by atoms with E-state index in [1.165, 1.54) is 7.05 Å². The van der Waals surface area contributed by atoms with Crippen molar-refractivity contribution in [3.63, 3.8) is 0 Å². The third-order valence-corrected chi connectivity index (χ3v) is 4.32. The minimum Gasteiger partial charge on any atom is -0.487 e. The molecule has 0 aliphatic carbocycles. The van der Waals surface area contributed by atoms with Crippen LogP contribution in [-0.2, 0) is 19.1 Å². The van der Waals surface area contributed by atoms with Crippen molar-refractivity contribution in [2.24, 2.45) is 11.7 Å². The summed E-state index contributed by atoms with van der Waals surface area (Å²) < 4.78 is 16.4. The zero-order chi connectivity index (χ0) is 28.3. The standard InChI is InChI=1S/C15H22O3.C12H22N2O3S/c1-14(2,3)17-12-10-8-7-9-11(12)13(16)18-15(4,5)6;1-12(2,3)17-11(16)8(5-6-9(13)18)7-10(15)14-4/h7-10H,1-6H3;8H,5-7H2,1-4H3,(H2,13,18)(H,14,15). The average Bonchev–Trinajstić information content (AvgIpc) is 2.67. The molecule has 3 N–H and O–H groups in total. The molecule has 0 bridgehead atoms. The Morgan fingerprint density at radius 2 is 1.44 bits per heavy atom. The Morgan fingerprint density at radius 3 is 1.89 bits per heavy atom. The van der Waals surface area contributed by atoms with Crippen LogP contribution in [0.2, 0.25) is 0 Å². The lowest BCUT2D eigenvalue weighted by Gasteiger charge is -2.24. The second-order valence-electron chi connectivity index (χ2n) is 11.3. The number of amides is 1. The Labute approximate surface area is 221 Å². The number of hydrogen-bond donors (Lipinski definition) is 2. The molecule has 0 aliphatic heterocycles. The molecule has 1 aromatic carbocycles. The molecule has 204 valence electrons. The third kappa shape index (κ3) is 16.1. The molecule has 0 radical (unpaired) electrons. The molecule has 1 atom stereocenters. The van der Waals surface area contributed by atoms with Crippen molar-refractivity contribution >= 4 is 35.1 Å². The highest BCUT2D eigenvalue weighted by atomic mass is 32.1. The normalized spacial score (nSPS) is 12.4. The highest BCUT2D eigenvalue weighted by Crippen LogP contribution is 2.25. The molecule has 9 heteroatoms. The van der Waals surface area contributed by atoms with Crippen molar-refractivity contribution in [3.05, 3.63) is 29.8 Å². The number of hydrogen-bond acceptors (Lipinski definition) is 7. The van der Waals surface area contributed by atoms with Crippen molar-refractivity contribution in [2.45, 2.75) is 98.4 Å². The topological polar surface area (TPSA) is 117 Å². The molecule has 0 aliphatic rings. The second-order valence-corrected chi connectivity index (χ2v) is 11.8. The molecule has 1 unspecified atom stereocenters. The van der Waals surface area contributed by atoms with E-state index in [-0.39, 0.29) is 29.9 Å². The van der Waals surface area contributed by atoms with Crippen LogP contribution in [0.5, 0.6) is 5.75 Å². The largest absolute Gasteiger partial charge is 0.487 e. The minimum atomic E-state index is -0.568. The molecule has 8 nitrogen and oxygen atoms in total. The number of carbonyl (C=O) groups is 3. The average molecular weight is 525 g/mol. The Balaban J connectivity index is 0.000000681. The zero-order valence-electron chi connectivity index (χ0n) is 23.4. The van der Waals surface area contributed by atoms with E-state index in [1.54, 1.807) is 39.0 Å². The fraction of sp³-hybridized carbons (Fsp3) is 0.630. The van der Waals surface area contributed by atoms with Gasteiger partial charge in [-0.2, -0.15) is 0 Å². The van der Waals surface area contributed by atoms with E-state index in [0.29, 0.717) is 29.1 Å². The molecule has 0 aromatic heterocycles. The first-order chi connectivity index (χ1) is 16.2. The van der Waals surface area contributed by atoms with Gasteiger partial charge in [0.2, 0.25) is 5.91 Å². The van der Waals surface area contributed by atoms with Gasteiger partial charge in [0, 0.05) is 13.5 Å². The summed E-state index contributed by atoms with van der Waals surface area (Å²) in [5.41, 5.74) is 4.45. The van der Waals surface area contributed by atoms with Gasteiger partial charge in [-0.15, -0.1) is 0 Å². The molecule has 1 aromatic rings. The van der Waals surface area contributed by atoms with E-state index in [2.05, 4.69) is 5.32 Å². The highest BCUT2D eigenvalue weighted by Gasteiger charge is 2.27. The smallest absolute Gasteiger partial charge is 0.342 e. The zero-order valence-corrected chi connectivity index (χ0v) is 24.3. The van der Waals surface area contributed by atoms with Crippen molar-refractivity contribution in [3.8, 4) is 5.75 Å². The van der Waals surface area contributed by atoms with Crippen LogP contribution >= 0.6 is 12.2 Å². The summed E-state index contributed by atoms with van der Waals surface area (Å²) >= 11 is 4.78. The lowest BCUT2D eigenvalue weighted by Crippen LogP contribution is -2.32. The molecule has 1 rings (SSSR count). The van der Waals surface area contributed by atoms with E-state index in [0.717, 1.165) is 0 Å². The maximum Gasteiger partial charge on any atom is 0.342 e. The quantitative estimate of drug-likeness (QED) is 0.362. The predicted octanol–water partition coefficient (Wildman–Crippen LogP) is 4.97. The first-order valence-corrected chi connectivity index (χ1v) is 12.4. The number of esters is 2. The van der Waals surface area contributed by atoms with Gasteiger partial charge in [-0.1, -0.05) is 24.4 Å². The molecular weight excluding hydrogens is 480 g/mol. The number of ether oxygens (including phenoxy) is 3. The number of benzene rings is 1. The van der Waals surface area contributed by atoms with E-state index >= 15 is 0 Å². The van der Waals surface area contributed by atoms with Gasteiger partial charge in [0.25, 0.3) is 0 Å². The van der Waals surface area contributed by atoms with Crippen LogP contribution in [0.25, 0.3) is 0 Å². The monoisotopic (exact) mass is 524 g/mol. The van der Waals surface area contributed by atoms with Crippen LogP contribution in [0, 0.1) is 5.92 Å². The number of thiocarbonyl (C=S) groups is 1. The SMILES string of the molecule is CC(C)(C)OC(=O)c1ccccc1OC(C)(C)C.CNC(=O)CC(CCC(N)=S)C(=O)OC(C)(C)C. The molecular formula is C27H44N2O6S. The van der Waals surface area contributed by atoms with Gasteiger partial charge in [0.15, 0.2) is 0 Å². The summed E-state index contributed by atoms with van der Waals surface area (Å²) in [4.78, 5) is 35.7. The van der Waals surface area contributed by atoms with E-state index in [1.807, 2.05) is 47.6 Å². The minimum absolute atomic E-state index is 0.0913. The molecule has 1 amide bonds. The van der Waals surface area contributed by atoms with E-state index in [9.17, 15) is 14.4 Å². The summed E-state index contributed by atoms with van der Waals surface area (Å²) in [6.45, 7) is 16.7. The van der Waals surface area contributed by atoms with E-state index < -0.39 is 17.1 Å². The van der Waals surface area contributed by atoms with Crippen molar-refractivity contribution in [2.75, 3.05) is 7.05 Å². The highest BCUT2D eigenvalue weighted by molar-refractivity contribution is 7.80. The van der Waals surface area contributed by atoms with Crippen LogP contribution in [0.4, 0.5) is 0 Å². The number of para-hydroxylation sites is 1. The Kier molecular flexibility index (Phi) is 13.1. The van der Waals surface area contributed by atoms with Crippen LogP contribution in [0.3, 0.4) is 0 Å². The summed E-state index contributed by atoms with van der Waals surface area (Å²) in [6.07, 6.45) is 0.946. The summed E-state index contributed by atoms with van der Waals surface area (Å²) in [6, 6.07) is 7.14. The van der Waals surface area contributed by atoms with Crippen LogP contribution in [-0.4, -0.2) is 46.7 Å². The second kappa shape index (κ2) is 14.2. The van der Waals surface area contributed by atoms with Crippen molar-refractivity contribution in [1.29, 1.82) is 0 Å². The maximum atomic E-state index is 12.1. The first-order valence-electron chi connectivity index (χ1n) is 12.0. The van der Waals surface area contributed by atoms with Crippen LogP contribution in [0.1, 0.15) is 91.9 Å². The van der Waals surface area contributed by atoms with Gasteiger partial charge in [-0.3, -0.25) is 9.59 Å². The lowest BCUT2D eigenvalue weighted by molar-refractivity contribution is -0.161. The summed E-state index contributed by atoms with van der Waals surface area (Å²) in [5, 5.41) is 2.49. The van der Waals surface area contributed by atoms with Gasteiger partial charge in [-0.05, 0) is 87.3 Å². The number of rotatable bonds is 8. The number of nitrogens with one attached hydrogen (secondary N) is 1. The number of nitrogens with two attached hydrogens (primary N) is 1. The first kappa shape index (κ1) is 33.3. The van der Waals surface area contributed by atoms with Gasteiger partial charge < -0.3 is 25.3 Å². The van der Waals surface area contributed by atoms with E-state index in [4.69, 9.17) is 32.2 Å².